The molecule has 92 valence electrons. The summed E-state index contributed by atoms with van der Waals surface area (Å²) in [5.74, 6) is 0. The number of rotatable bonds is 4. The highest BCUT2D eigenvalue weighted by Gasteiger charge is 2.39. The molecule has 5 nitrogen and oxygen atoms in total. The average molecular weight is 251 g/mol. The van der Waals surface area contributed by atoms with Gasteiger partial charge in [0.2, 0.25) is 0 Å². The molecule has 0 saturated heterocycles. The van der Waals surface area contributed by atoms with Crippen LogP contribution in [0.3, 0.4) is 0 Å². The Morgan fingerprint density at radius 3 is 3.18 bits per heavy atom. The molecule has 0 amide bonds. The fourth-order valence-corrected chi connectivity index (χ4v) is 3.48. The summed E-state index contributed by atoms with van der Waals surface area (Å²) in [6.07, 6.45) is 4.57. The zero-order valence-electron chi connectivity index (χ0n) is 10.2. The number of hydrogen-bond acceptors (Lipinski definition) is 5. The van der Waals surface area contributed by atoms with Crippen LogP contribution in [0.5, 0.6) is 0 Å². The molecule has 0 radical (unpaired) electrons. The molecule has 0 bridgehead atoms. The van der Waals surface area contributed by atoms with Gasteiger partial charge in [0.15, 0.2) is 5.16 Å². The van der Waals surface area contributed by atoms with Crippen LogP contribution in [0.25, 0.3) is 0 Å². The Morgan fingerprint density at radius 1 is 1.76 bits per heavy atom. The lowest BCUT2D eigenvalue weighted by atomic mass is 10.0. The summed E-state index contributed by atoms with van der Waals surface area (Å²) in [6, 6.07) is 2.44. The first-order chi connectivity index (χ1) is 8.19. The van der Waals surface area contributed by atoms with Crippen molar-refractivity contribution in [2.45, 2.75) is 42.1 Å². The van der Waals surface area contributed by atoms with Crippen molar-refractivity contribution in [2.75, 3.05) is 6.54 Å². The van der Waals surface area contributed by atoms with Crippen molar-refractivity contribution in [1.29, 1.82) is 5.26 Å². The summed E-state index contributed by atoms with van der Waals surface area (Å²) in [4.78, 5) is 0. The van der Waals surface area contributed by atoms with Gasteiger partial charge in [0.05, 0.1) is 6.07 Å². The second-order valence-corrected chi connectivity index (χ2v) is 5.70. The van der Waals surface area contributed by atoms with Crippen LogP contribution < -0.4 is 5.32 Å². The zero-order chi connectivity index (χ0) is 12.3. The molecule has 2 rings (SSSR count). The molecular formula is C11H17N5S. The summed E-state index contributed by atoms with van der Waals surface area (Å²) in [7, 11) is 1.94. The minimum absolute atomic E-state index is 0.328. The van der Waals surface area contributed by atoms with Gasteiger partial charge in [-0.3, -0.25) is 5.32 Å². The highest BCUT2D eigenvalue weighted by atomic mass is 32.2. The van der Waals surface area contributed by atoms with Crippen molar-refractivity contribution in [3.8, 4) is 6.07 Å². The van der Waals surface area contributed by atoms with Gasteiger partial charge in [0, 0.05) is 12.3 Å². The molecule has 0 spiro atoms. The van der Waals surface area contributed by atoms with E-state index in [1.165, 1.54) is 0 Å². The van der Waals surface area contributed by atoms with E-state index in [0.717, 1.165) is 31.0 Å². The second kappa shape index (κ2) is 5.07. The summed E-state index contributed by atoms with van der Waals surface area (Å²) in [6.45, 7) is 2.89. The molecule has 2 unspecified atom stereocenters. The molecule has 1 saturated carbocycles. The van der Waals surface area contributed by atoms with E-state index in [-0.39, 0.29) is 5.54 Å². The SMILES string of the molecule is CCNC1(C#N)CCC(Sc2nncn2C)C1. The second-order valence-electron chi connectivity index (χ2n) is 4.43. The number of nitrogens with one attached hydrogen (secondary N) is 1. The van der Waals surface area contributed by atoms with E-state index in [2.05, 4.69) is 21.6 Å². The molecule has 17 heavy (non-hydrogen) atoms. The van der Waals surface area contributed by atoms with Crippen molar-refractivity contribution >= 4 is 11.8 Å². The highest BCUT2D eigenvalue weighted by molar-refractivity contribution is 7.99. The molecule has 2 atom stereocenters. The molecular weight excluding hydrogens is 234 g/mol. The lowest BCUT2D eigenvalue weighted by Gasteiger charge is -2.21. The quantitative estimate of drug-likeness (QED) is 0.874. The Morgan fingerprint density at radius 2 is 2.59 bits per heavy atom. The maximum atomic E-state index is 9.29. The lowest BCUT2D eigenvalue weighted by Crippen LogP contribution is -2.41. The van der Waals surface area contributed by atoms with Gasteiger partial charge in [-0.25, -0.2) is 0 Å². The van der Waals surface area contributed by atoms with Gasteiger partial charge in [-0.2, -0.15) is 5.26 Å². The summed E-state index contributed by atoms with van der Waals surface area (Å²) < 4.78 is 1.92. The minimum atomic E-state index is -0.328. The molecule has 1 aliphatic carbocycles. The van der Waals surface area contributed by atoms with E-state index in [1.54, 1.807) is 18.1 Å². The summed E-state index contributed by atoms with van der Waals surface area (Å²) in [5.41, 5.74) is -0.328. The predicted octanol–water partition coefficient (Wildman–Crippen LogP) is 1.33. The number of hydrogen-bond donors (Lipinski definition) is 1. The lowest BCUT2D eigenvalue weighted by molar-refractivity contribution is 0.436. The number of aromatic nitrogens is 3. The Bertz CT molecular complexity index is 424. The van der Waals surface area contributed by atoms with Gasteiger partial charge < -0.3 is 4.57 Å². The molecule has 6 heteroatoms. The van der Waals surface area contributed by atoms with Gasteiger partial charge in [0.25, 0.3) is 0 Å². The fraction of sp³-hybridized carbons (Fsp3) is 0.727. The van der Waals surface area contributed by atoms with Crippen LogP contribution in [-0.4, -0.2) is 32.1 Å². The van der Waals surface area contributed by atoms with Crippen molar-refractivity contribution in [2.24, 2.45) is 7.05 Å². The first-order valence-electron chi connectivity index (χ1n) is 5.86. The Balaban J connectivity index is 1.99. The smallest absolute Gasteiger partial charge is 0.191 e. The van der Waals surface area contributed by atoms with Gasteiger partial charge in [-0.05, 0) is 25.8 Å². The van der Waals surface area contributed by atoms with Crippen LogP contribution >= 0.6 is 11.8 Å². The molecule has 1 aromatic heterocycles. The maximum absolute atomic E-state index is 9.29. The van der Waals surface area contributed by atoms with Crippen LogP contribution in [0.15, 0.2) is 11.5 Å². The van der Waals surface area contributed by atoms with E-state index in [9.17, 15) is 5.26 Å². The first kappa shape index (κ1) is 12.4. The molecule has 0 aliphatic heterocycles. The third-order valence-corrected chi connectivity index (χ3v) is 4.46. The van der Waals surface area contributed by atoms with Gasteiger partial charge in [-0.1, -0.05) is 18.7 Å². The molecule has 1 fully saturated rings. The first-order valence-corrected chi connectivity index (χ1v) is 6.74. The van der Waals surface area contributed by atoms with Gasteiger partial charge >= 0.3 is 0 Å². The van der Waals surface area contributed by atoms with E-state index >= 15 is 0 Å². The van der Waals surface area contributed by atoms with Crippen LogP contribution in [-0.2, 0) is 7.05 Å². The molecule has 1 N–H and O–H groups in total. The maximum Gasteiger partial charge on any atom is 0.191 e. The van der Waals surface area contributed by atoms with E-state index in [4.69, 9.17) is 0 Å². The molecule has 0 aromatic carbocycles. The number of nitriles is 1. The topological polar surface area (TPSA) is 66.5 Å². The monoisotopic (exact) mass is 251 g/mol. The molecule has 1 aromatic rings. The third kappa shape index (κ3) is 2.61. The number of thioether (sulfide) groups is 1. The van der Waals surface area contributed by atoms with Crippen LogP contribution in [0.2, 0.25) is 0 Å². The summed E-state index contributed by atoms with van der Waals surface area (Å²) in [5, 5.41) is 21.9. The predicted molar refractivity (Wildman–Crippen MR) is 66.5 cm³/mol. The van der Waals surface area contributed by atoms with E-state index in [0.29, 0.717) is 5.25 Å². The Labute approximate surface area is 106 Å². The number of nitrogens with zero attached hydrogens (tertiary/aromatic N) is 4. The Hall–Kier alpha value is -1.06. The van der Waals surface area contributed by atoms with E-state index in [1.807, 2.05) is 18.5 Å². The summed E-state index contributed by atoms with van der Waals surface area (Å²) >= 11 is 1.73. The van der Waals surface area contributed by atoms with Crippen molar-refractivity contribution in [3.05, 3.63) is 6.33 Å². The largest absolute Gasteiger partial charge is 0.312 e. The van der Waals surface area contributed by atoms with Crippen LogP contribution in [0.1, 0.15) is 26.2 Å². The van der Waals surface area contributed by atoms with E-state index < -0.39 is 0 Å². The van der Waals surface area contributed by atoms with Gasteiger partial charge in [-0.15, -0.1) is 10.2 Å². The average Bonchev–Trinajstić information content (AvgIpc) is 2.89. The van der Waals surface area contributed by atoms with Crippen molar-refractivity contribution in [1.82, 2.24) is 20.1 Å². The molecule has 1 aliphatic rings. The minimum Gasteiger partial charge on any atom is -0.312 e. The Kier molecular flexibility index (Phi) is 3.69. The van der Waals surface area contributed by atoms with Crippen molar-refractivity contribution < 1.29 is 0 Å². The molecule has 1 heterocycles. The fourth-order valence-electron chi connectivity index (χ4n) is 2.27. The number of aryl methyl sites for hydroxylation is 1. The van der Waals surface area contributed by atoms with Crippen LogP contribution in [0.4, 0.5) is 0 Å². The standard InChI is InChI=1S/C11H17N5S/c1-3-13-11(7-12)5-4-9(6-11)17-10-15-14-8-16(10)2/h8-9,13H,3-6H2,1-2H3. The van der Waals surface area contributed by atoms with Gasteiger partial charge in [0.1, 0.15) is 11.9 Å². The normalized spacial score (nSPS) is 28.2. The van der Waals surface area contributed by atoms with Crippen molar-refractivity contribution in [3.63, 3.8) is 0 Å². The third-order valence-electron chi connectivity index (χ3n) is 3.14. The zero-order valence-corrected chi connectivity index (χ0v) is 11.0. The van der Waals surface area contributed by atoms with Crippen LogP contribution in [0, 0.1) is 11.3 Å². The highest BCUT2D eigenvalue weighted by Crippen LogP contribution is 2.39.